The Balaban J connectivity index is 1.60. The normalized spacial score (nSPS) is 17.7. The Morgan fingerprint density at radius 1 is 1.23 bits per heavy atom. The van der Waals surface area contributed by atoms with Crippen molar-refractivity contribution in [1.82, 2.24) is 15.3 Å². The van der Waals surface area contributed by atoms with E-state index < -0.39 is 47.1 Å². The van der Waals surface area contributed by atoms with Gasteiger partial charge in [-0.05, 0) is 37.3 Å². The third kappa shape index (κ3) is 5.06. The number of anilines is 1. The van der Waals surface area contributed by atoms with Crippen LogP contribution >= 0.6 is 22.9 Å². The fraction of sp³-hybridized carbons (Fsp3) is 0.259. The summed E-state index contributed by atoms with van der Waals surface area (Å²) in [7, 11) is 1.32. The Bertz CT molecular complexity index is 1800. The summed E-state index contributed by atoms with van der Waals surface area (Å²) >= 11 is 6.81. The molecule has 0 unspecified atom stereocenters. The minimum atomic E-state index is -5.40. The first kappa shape index (κ1) is 30.3. The third-order valence-electron chi connectivity index (χ3n) is 7.17. The molecule has 2 aromatic carbocycles. The van der Waals surface area contributed by atoms with Gasteiger partial charge in [0, 0.05) is 16.7 Å². The highest BCUT2D eigenvalue weighted by molar-refractivity contribution is 7.22. The van der Waals surface area contributed by atoms with E-state index >= 15 is 0 Å². The lowest BCUT2D eigenvalue weighted by molar-refractivity contribution is -0.265. The van der Waals surface area contributed by atoms with E-state index in [0.29, 0.717) is 10.2 Å². The van der Waals surface area contributed by atoms with E-state index in [9.17, 15) is 32.3 Å². The second kappa shape index (κ2) is 10.5. The summed E-state index contributed by atoms with van der Waals surface area (Å²) in [6.07, 6.45) is -5.40. The van der Waals surface area contributed by atoms with Gasteiger partial charge in [0.05, 0.1) is 29.1 Å². The minimum Gasteiger partial charge on any atom is -0.494 e. The maximum absolute atomic E-state index is 14.6. The van der Waals surface area contributed by atoms with Crippen LogP contribution in [-0.4, -0.2) is 53.3 Å². The average Bonchev–Trinajstić information content (AvgIpc) is 3.51. The van der Waals surface area contributed by atoms with E-state index in [-0.39, 0.29) is 50.6 Å². The van der Waals surface area contributed by atoms with E-state index in [4.69, 9.17) is 32.5 Å². The van der Waals surface area contributed by atoms with Gasteiger partial charge in [0.15, 0.2) is 5.13 Å². The van der Waals surface area contributed by atoms with E-state index in [1.54, 1.807) is 0 Å². The van der Waals surface area contributed by atoms with Gasteiger partial charge in [0.2, 0.25) is 11.5 Å². The number of carbonyl (C=O) groups is 2. The number of fused-ring (bicyclic) bond motifs is 2. The molecule has 0 saturated carbocycles. The molecule has 0 bridgehead atoms. The van der Waals surface area contributed by atoms with E-state index in [2.05, 4.69) is 15.3 Å². The molecule has 0 fully saturated rings. The molecule has 1 aliphatic heterocycles. The van der Waals surface area contributed by atoms with E-state index in [1.807, 2.05) is 0 Å². The van der Waals surface area contributed by atoms with Crippen molar-refractivity contribution >= 4 is 50.1 Å². The lowest BCUT2D eigenvalue weighted by Crippen LogP contribution is -2.51. The van der Waals surface area contributed by atoms with Crippen LogP contribution in [0.5, 0.6) is 11.5 Å². The predicted molar refractivity (Wildman–Crippen MR) is 150 cm³/mol. The quantitative estimate of drug-likeness (QED) is 0.220. The van der Waals surface area contributed by atoms with Crippen LogP contribution in [0.4, 0.5) is 22.7 Å². The molecule has 3 heterocycles. The first-order chi connectivity index (χ1) is 20.1. The lowest BCUT2D eigenvalue weighted by atomic mass is 9.81. The Morgan fingerprint density at radius 3 is 2.58 bits per heavy atom. The number of benzene rings is 2. The first-order valence-corrected chi connectivity index (χ1v) is 13.5. The third-order valence-corrected chi connectivity index (χ3v) is 8.30. The van der Waals surface area contributed by atoms with Crippen molar-refractivity contribution in [3.05, 3.63) is 64.1 Å². The molecule has 4 aromatic rings. The average molecular weight is 640 g/mol. The number of nitrogen functional groups attached to an aromatic ring is 1. The second-order valence-electron chi connectivity index (χ2n) is 9.96. The van der Waals surface area contributed by atoms with Crippen LogP contribution in [0.2, 0.25) is 5.02 Å². The second-order valence-corrected chi connectivity index (χ2v) is 11.4. The van der Waals surface area contributed by atoms with Gasteiger partial charge in [0.1, 0.15) is 40.5 Å². The summed E-state index contributed by atoms with van der Waals surface area (Å²) in [6, 6.07) is 6.84. The van der Waals surface area contributed by atoms with Gasteiger partial charge in [-0.1, -0.05) is 29.0 Å². The highest BCUT2D eigenvalue weighted by Crippen LogP contribution is 2.48. The van der Waals surface area contributed by atoms with Crippen LogP contribution in [-0.2, 0) is 15.8 Å². The van der Waals surface area contributed by atoms with Gasteiger partial charge in [-0.25, -0.2) is 14.4 Å². The Morgan fingerprint density at radius 2 is 1.95 bits per heavy atom. The molecular weight excluding hydrogens is 618 g/mol. The molecule has 0 spiro atoms. The predicted octanol–water partition coefficient (Wildman–Crippen LogP) is 4.06. The number of hydrogen-bond donors (Lipinski definition) is 4. The number of halogens is 5. The van der Waals surface area contributed by atoms with Gasteiger partial charge in [-0.3, -0.25) is 9.59 Å². The largest absolute Gasteiger partial charge is 0.494 e. The molecule has 0 aliphatic carbocycles. The van der Waals surface area contributed by atoms with E-state index in [1.165, 1.54) is 32.2 Å². The molecule has 2 atom stereocenters. The number of thiazole rings is 1. The summed E-state index contributed by atoms with van der Waals surface area (Å²) in [5.41, 5.74) is 4.71. The highest BCUT2D eigenvalue weighted by Gasteiger charge is 2.57. The van der Waals surface area contributed by atoms with Crippen LogP contribution in [0.3, 0.4) is 0 Å². The minimum absolute atomic E-state index is 0.0495. The van der Waals surface area contributed by atoms with Gasteiger partial charge in [-0.15, -0.1) is 0 Å². The summed E-state index contributed by atoms with van der Waals surface area (Å²) in [4.78, 5) is 33.6. The summed E-state index contributed by atoms with van der Waals surface area (Å²) < 4.78 is 69.6. The molecular formula is C27H22ClF4N5O5S. The number of rotatable bonds is 7. The molecule has 0 radical (unpaired) electrons. The summed E-state index contributed by atoms with van der Waals surface area (Å²) in [5, 5.41) is 13.2. The molecule has 43 heavy (non-hydrogen) atoms. The van der Waals surface area contributed by atoms with Crippen molar-refractivity contribution in [2.45, 2.75) is 24.1 Å². The van der Waals surface area contributed by atoms with Crippen molar-refractivity contribution in [2.75, 3.05) is 26.0 Å². The number of amides is 2. The Labute approximate surface area is 249 Å². The monoisotopic (exact) mass is 639 g/mol. The number of nitrogens with zero attached hydrogens (tertiary/aromatic N) is 2. The van der Waals surface area contributed by atoms with Crippen molar-refractivity contribution in [1.29, 1.82) is 0 Å². The standard InChI is InChI=1S/C27H22ClF4N5O5S/c1-25(23(33)39)10-42-21-13(25)8-18(36-19(21)11-3-4-14(28)15(29)5-11)26(40,27(30,31)32)9-35-22(38)12-6-16(41-2)20-17(7-12)43-24(34)37-20/h3-8,40H,9-10H2,1-2H3,(H2,33,39)(H2,34,37)(H,35,38)/t25-,26-/m0/s1. The molecule has 2 aromatic heterocycles. The first-order valence-electron chi connectivity index (χ1n) is 12.3. The number of primary amides is 1. The van der Waals surface area contributed by atoms with Crippen LogP contribution in [0.1, 0.15) is 28.5 Å². The summed E-state index contributed by atoms with van der Waals surface area (Å²) in [5.74, 6) is -2.77. The molecule has 10 nitrogen and oxygen atoms in total. The van der Waals surface area contributed by atoms with Crippen molar-refractivity contribution < 1.29 is 41.7 Å². The number of aliphatic hydroxyl groups is 1. The molecule has 6 N–H and O–H groups in total. The number of methoxy groups -OCH3 is 1. The van der Waals surface area contributed by atoms with Crippen molar-refractivity contribution in [2.24, 2.45) is 5.73 Å². The molecule has 226 valence electrons. The Kier molecular flexibility index (Phi) is 7.39. The lowest BCUT2D eigenvalue weighted by Gasteiger charge is -2.31. The molecule has 1 aliphatic rings. The van der Waals surface area contributed by atoms with Gasteiger partial charge in [-0.2, -0.15) is 13.2 Å². The number of aromatic nitrogens is 2. The SMILES string of the molecule is COc1cc(C(=O)NC[C@](O)(c2cc3c(c(-c4ccc(Cl)c(F)c4)n2)OC[C@]3(C)C(N)=O)C(F)(F)F)cc2sc(N)nc12. The zero-order valence-electron chi connectivity index (χ0n) is 22.3. The molecule has 0 saturated heterocycles. The molecule has 5 rings (SSSR count). The van der Waals surface area contributed by atoms with Gasteiger partial charge < -0.3 is 31.4 Å². The van der Waals surface area contributed by atoms with Crippen molar-refractivity contribution in [3.63, 3.8) is 0 Å². The highest BCUT2D eigenvalue weighted by atomic mass is 35.5. The van der Waals surface area contributed by atoms with Gasteiger partial charge in [0.25, 0.3) is 5.91 Å². The van der Waals surface area contributed by atoms with Crippen molar-refractivity contribution in [3.8, 4) is 22.8 Å². The van der Waals surface area contributed by atoms with Gasteiger partial charge >= 0.3 is 6.18 Å². The van der Waals surface area contributed by atoms with Crippen LogP contribution in [0.15, 0.2) is 36.4 Å². The number of hydrogen-bond acceptors (Lipinski definition) is 9. The molecule has 16 heteroatoms. The fourth-order valence-corrected chi connectivity index (χ4v) is 5.50. The zero-order valence-corrected chi connectivity index (χ0v) is 23.9. The zero-order chi connectivity index (χ0) is 31.5. The van der Waals surface area contributed by atoms with Crippen LogP contribution < -0.4 is 26.3 Å². The maximum Gasteiger partial charge on any atom is 0.424 e. The molecule has 2 amide bonds. The maximum atomic E-state index is 14.6. The number of pyridine rings is 1. The smallest absolute Gasteiger partial charge is 0.424 e. The topological polar surface area (TPSA) is 163 Å². The Hall–Kier alpha value is -4.21. The number of nitrogens with two attached hydrogens (primary N) is 2. The number of carbonyl (C=O) groups excluding carboxylic acids is 2. The summed E-state index contributed by atoms with van der Waals surface area (Å²) in [6.45, 7) is -0.393. The number of nitrogens with one attached hydrogen (secondary N) is 1. The number of ether oxygens (including phenoxy) is 2. The van der Waals surface area contributed by atoms with E-state index in [0.717, 1.165) is 29.5 Å². The van der Waals surface area contributed by atoms with Crippen LogP contribution in [0.25, 0.3) is 21.5 Å². The fourth-order valence-electron chi connectivity index (χ4n) is 4.59. The number of alkyl halides is 3. The van der Waals surface area contributed by atoms with Crippen LogP contribution in [0, 0.1) is 5.82 Å².